The van der Waals surface area contributed by atoms with E-state index in [0.29, 0.717) is 6.54 Å². The minimum atomic E-state index is -0.160. The van der Waals surface area contributed by atoms with Crippen LogP contribution in [0.3, 0.4) is 0 Å². The van der Waals surface area contributed by atoms with Crippen molar-refractivity contribution in [3.05, 3.63) is 34.9 Å². The van der Waals surface area contributed by atoms with Gasteiger partial charge < -0.3 is 0 Å². The van der Waals surface area contributed by atoms with Gasteiger partial charge in [-0.15, -0.1) is 0 Å². The van der Waals surface area contributed by atoms with Crippen LogP contribution in [0.1, 0.15) is 26.3 Å². The molecule has 0 aliphatic rings. The van der Waals surface area contributed by atoms with Gasteiger partial charge in [0, 0.05) is 11.6 Å². The quantitative estimate of drug-likeness (QED) is 0.779. The van der Waals surface area contributed by atoms with Gasteiger partial charge in [-0.05, 0) is 38.5 Å². The minimum Gasteiger partial charge on any atom is -0.296 e. The van der Waals surface area contributed by atoms with Gasteiger partial charge in [0.05, 0.1) is 5.60 Å². The number of halogens is 1. The van der Waals surface area contributed by atoms with Gasteiger partial charge in [0.1, 0.15) is 0 Å². The summed E-state index contributed by atoms with van der Waals surface area (Å²) in [6, 6.07) is 7.69. The van der Waals surface area contributed by atoms with Crippen molar-refractivity contribution in [2.45, 2.75) is 32.9 Å². The molecule has 1 aromatic rings. The van der Waals surface area contributed by atoms with Gasteiger partial charge in [0.15, 0.2) is 0 Å². The summed E-state index contributed by atoms with van der Waals surface area (Å²) >= 11 is 5.77. The molecule has 0 aromatic heterocycles. The highest BCUT2D eigenvalue weighted by Gasteiger charge is 2.09. The first-order valence-electron chi connectivity index (χ1n) is 4.63. The molecule has 0 atom stereocenters. The number of rotatable bonds is 3. The molecule has 0 bridgehead atoms. The molecular weight excluding hydrogens is 198 g/mol. The smallest absolute Gasteiger partial charge is 0.0813 e. The first-order valence-corrected chi connectivity index (χ1v) is 5.00. The van der Waals surface area contributed by atoms with E-state index in [-0.39, 0.29) is 5.60 Å². The van der Waals surface area contributed by atoms with Gasteiger partial charge in [0.2, 0.25) is 0 Å². The van der Waals surface area contributed by atoms with E-state index in [9.17, 15) is 0 Å². The highest BCUT2D eigenvalue weighted by atomic mass is 35.5. The minimum absolute atomic E-state index is 0.160. The fourth-order valence-corrected chi connectivity index (χ4v) is 1.06. The Labute approximate surface area is 90.2 Å². The SMILES string of the molecule is CC(C)(C)ONCc1ccc(Cl)cc1. The van der Waals surface area contributed by atoms with E-state index in [1.165, 1.54) is 0 Å². The van der Waals surface area contributed by atoms with Gasteiger partial charge in [-0.25, -0.2) is 0 Å². The summed E-state index contributed by atoms with van der Waals surface area (Å²) in [6.45, 7) is 6.69. The summed E-state index contributed by atoms with van der Waals surface area (Å²) in [5.41, 5.74) is 3.91. The Morgan fingerprint density at radius 1 is 1.21 bits per heavy atom. The zero-order chi connectivity index (χ0) is 10.6. The number of nitrogens with one attached hydrogen (secondary N) is 1. The van der Waals surface area contributed by atoms with E-state index < -0.39 is 0 Å². The molecule has 3 heteroatoms. The zero-order valence-corrected chi connectivity index (χ0v) is 9.56. The Hall–Kier alpha value is -0.570. The van der Waals surface area contributed by atoms with Crippen LogP contribution < -0.4 is 5.48 Å². The average molecular weight is 214 g/mol. The van der Waals surface area contributed by atoms with Crippen molar-refractivity contribution < 1.29 is 4.84 Å². The number of hydroxylamine groups is 1. The summed E-state index contributed by atoms with van der Waals surface area (Å²) in [7, 11) is 0. The van der Waals surface area contributed by atoms with Crippen LogP contribution in [0, 0.1) is 0 Å². The summed E-state index contributed by atoms with van der Waals surface area (Å²) in [5, 5.41) is 0.755. The molecule has 0 unspecified atom stereocenters. The molecule has 0 saturated heterocycles. The molecule has 0 spiro atoms. The second kappa shape index (κ2) is 4.78. The molecule has 0 fully saturated rings. The number of benzene rings is 1. The van der Waals surface area contributed by atoms with Crippen LogP contribution in [0.15, 0.2) is 24.3 Å². The lowest BCUT2D eigenvalue weighted by atomic mass is 10.2. The average Bonchev–Trinajstić information content (AvgIpc) is 2.06. The van der Waals surface area contributed by atoms with Crippen LogP contribution >= 0.6 is 11.6 Å². The van der Waals surface area contributed by atoms with Crippen molar-refractivity contribution in [1.82, 2.24) is 5.48 Å². The molecule has 14 heavy (non-hydrogen) atoms. The third-order valence-electron chi connectivity index (χ3n) is 1.57. The lowest BCUT2D eigenvalue weighted by Crippen LogP contribution is -2.28. The predicted molar refractivity (Wildman–Crippen MR) is 59.1 cm³/mol. The van der Waals surface area contributed by atoms with E-state index >= 15 is 0 Å². The largest absolute Gasteiger partial charge is 0.296 e. The summed E-state index contributed by atoms with van der Waals surface area (Å²) in [6.07, 6.45) is 0. The maximum absolute atomic E-state index is 5.77. The van der Waals surface area contributed by atoms with Gasteiger partial charge in [-0.1, -0.05) is 23.7 Å². The van der Waals surface area contributed by atoms with Crippen molar-refractivity contribution >= 4 is 11.6 Å². The molecule has 78 valence electrons. The summed E-state index contributed by atoms with van der Waals surface area (Å²) in [5.74, 6) is 0. The van der Waals surface area contributed by atoms with Crippen LogP contribution in [0.4, 0.5) is 0 Å². The summed E-state index contributed by atoms with van der Waals surface area (Å²) < 4.78 is 0. The van der Waals surface area contributed by atoms with Crippen LogP contribution in [0.2, 0.25) is 5.02 Å². The normalized spacial score (nSPS) is 11.7. The molecule has 2 nitrogen and oxygen atoms in total. The first-order chi connectivity index (χ1) is 6.47. The Balaban J connectivity index is 2.35. The van der Waals surface area contributed by atoms with Crippen molar-refractivity contribution in [1.29, 1.82) is 0 Å². The molecule has 0 heterocycles. The van der Waals surface area contributed by atoms with Crippen LogP contribution in [0.25, 0.3) is 0 Å². The van der Waals surface area contributed by atoms with E-state index in [4.69, 9.17) is 16.4 Å². The Morgan fingerprint density at radius 3 is 2.29 bits per heavy atom. The Bertz CT molecular complexity index is 276. The molecule has 0 aliphatic carbocycles. The van der Waals surface area contributed by atoms with Gasteiger partial charge in [-0.2, -0.15) is 5.48 Å². The van der Waals surface area contributed by atoms with Gasteiger partial charge in [0.25, 0.3) is 0 Å². The van der Waals surface area contributed by atoms with Crippen molar-refractivity contribution in [2.24, 2.45) is 0 Å². The molecule has 0 saturated carbocycles. The third kappa shape index (κ3) is 4.61. The molecule has 0 amide bonds. The lowest BCUT2D eigenvalue weighted by molar-refractivity contribution is -0.0757. The first kappa shape index (κ1) is 11.5. The maximum Gasteiger partial charge on any atom is 0.0813 e. The number of hydrogen-bond donors (Lipinski definition) is 1. The van der Waals surface area contributed by atoms with E-state index in [1.54, 1.807) is 0 Å². The van der Waals surface area contributed by atoms with Gasteiger partial charge in [-0.3, -0.25) is 4.84 Å². The van der Waals surface area contributed by atoms with Crippen LogP contribution in [-0.2, 0) is 11.4 Å². The highest BCUT2D eigenvalue weighted by molar-refractivity contribution is 6.30. The van der Waals surface area contributed by atoms with Crippen LogP contribution in [-0.4, -0.2) is 5.60 Å². The molecule has 1 rings (SSSR count). The molecule has 0 radical (unpaired) electrons. The van der Waals surface area contributed by atoms with Crippen molar-refractivity contribution in [2.75, 3.05) is 0 Å². The lowest BCUT2D eigenvalue weighted by Gasteiger charge is -2.19. The fourth-order valence-electron chi connectivity index (χ4n) is 0.938. The molecule has 1 aromatic carbocycles. The third-order valence-corrected chi connectivity index (χ3v) is 1.82. The number of hydrogen-bond acceptors (Lipinski definition) is 2. The standard InChI is InChI=1S/C11H16ClNO/c1-11(2,3)14-13-8-9-4-6-10(12)7-5-9/h4-7,13H,8H2,1-3H3. The molecule has 1 N–H and O–H groups in total. The highest BCUT2D eigenvalue weighted by Crippen LogP contribution is 2.10. The van der Waals surface area contributed by atoms with E-state index in [2.05, 4.69) is 5.48 Å². The Morgan fingerprint density at radius 2 is 1.79 bits per heavy atom. The van der Waals surface area contributed by atoms with Gasteiger partial charge >= 0.3 is 0 Å². The van der Waals surface area contributed by atoms with Crippen molar-refractivity contribution in [3.63, 3.8) is 0 Å². The topological polar surface area (TPSA) is 21.3 Å². The predicted octanol–water partition coefficient (Wildman–Crippen LogP) is 3.16. The monoisotopic (exact) mass is 213 g/mol. The zero-order valence-electron chi connectivity index (χ0n) is 8.80. The second-order valence-corrected chi connectivity index (χ2v) is 4.60. The Kier molecular flexibility index (Phi) is 3.93. The van der Waals surface area contributed by atoms with Crippen molar-refractivity contribution in [3.8, 4) is 0 Å². The molecule has 0 aliphatic heterocycles. The second-order valence-electron chi connectivity index (χ2n) is 4.16. The van der Waals surface area contributed by atoms with E-state index in [1.807, 2.05) is 45.0 Å². The van der Waals surface area contributed by atoms with Crippen LogP contribution in [0.5, 0.6) is 0 Å². The fraction of sp³-hybridized carbons (Fsp3) is 0.455. The van der Waals surface area contributed by atoms with E-state index in [0.717, 1.165) is 10.6 Å². The maximum atomic E-state index is 5.77. The summed E-state index contributed by atoms with van der Waals surface area (Å²) in [4.78, 5) is 5.38. The molecular formula is C11H16ClNO.